The van der Waals surface area contributed by atoms with Gasteiger partial charge in [0, 0.05) is 11.8 Å². The first-order chi connectivity index (χ1) is 11.2. The molecule has 116 valence electrons. The van der Waals surface area contributed by atoms with Crippen molar-refractivity contribution < 1.29 is 9.21 Å². The molecule has 23 heavy (non-hydrogen) atoms. The van der Waals surface area contributed by atoms with Gasteiger partial charge in [-0.05, 0) is 19.1 Å². The number of nitrogens with zero attached hydrogens (tertiary/aromatic N) is 2. The summed E-state index contributed by atoms with van der Waals surface area (Å²) in [6, 6.07) is 12.5. The largest absolute Gasteiger partial charge is 0.438 e. The van der Waals surface area contributed by atoms with Crippen LogP contribution in [0.15, 0.2) is 65.5 Å². The van der Waals surface area contributed by atoms with Gasteiger partial charge in [-0.3, -0.25) is 4.98 Å². The molecule has 0 bridgehead atoms. The quantitative estimate of drug-likeness (QED) is 0.771. The Bertz CT molecular complexity index is 772. The molecular formula is C17H16N4O2. The van der Waals surface area contributed by atoms with Crippen LogP contribution in [0.25, 0.3) is 11.3 Å². The monoisotopic (exact) mass is 308 g/mol. The minimum atomic E-state index is -0.357. The van der Waals surface area contributed by atoms with E-state index in [0.717, 1.165) is 5.56 Å². The highest BCUT2D eigenvalue weighted by Crippen LogP contribution is 2.22. The van der Waals surface area contributed by atoms with E-state index < -0.39 is 0 Å². The Hall–Kier alpha value is -3.15. The lowest BCUT2D eigenvalue weighted by Crippen LogP contribution is -2.31. The molecule has 2 N–H and O–H groups in total. The molecule has 2 amide bonds. The minimum absolute atomic E-state index is 0.343. The predicted molar refractivity (Wildman–Crippen MR) is 86.7 cm³/mol. The van der Waals surface area contributed by atoms with Crippen molar-refractivity contribution in [2.75, 3.05) is 5.32 Å². The van der Waals surface area contributed by atoms with Crippen molar-refractivity contribution in [3.05, 3.63) is 66.9 Å². The van der Waals surface area contributed by atoms with Gasteiger partial charge in [-0.15, -0.1) is 0 Å². The molecule has 2 aromatic heterocycles. The van der Waals surface area contributed by atoms with E-state index in [1.54, 1.807) is 30.7 Å². The van der Waals surface area contributed by atoms with Crippen LogP contribution in [0.1, 0.15) is 18.9 Å². The maximum atomic E-state index is 12.0. The molecule has 1 atom stereocenters. The summed E-state index contributed by atoms with van der Waals surface area (Å²) in [5, 5.41) is 5.47. The molecule has 0 radical (unpaired) electrons. The Balaban J connectivity index is 1.63. The number of carbonyl (C=O) groups is 1. The summed E-state index contributed by atoms with van der Waals surface area (Å²) in [6.45, 7) is 1.81. The number of hydrogen-bond donors (Lipinski definition) is 2. The van der Waals surface area contributed by atoms with Crippen molar-refractivity contribution >= 4 is 11.7 Å². The molecular weight excluding hydrogens is 292 g/mol. The van der Waals surface area contributed by atoms with Crippen LogP contribution in [-0.2, 0) is 0 Å². The number of carbonyl (C=O) groups excluding carboxylic acids is 1. The fourth-order valence-corrected chi connectivity index (χ4v) is 2.09. The lowest BCUT2D eigenvalue weighted by molar-refractivity contribution is 0.247. The first-order valence-electron chi connectivity index (χ1n) is 7.21. The van der Waals surface area contributed by atoms with E-state index >= 15 is 0 Å². The molecule has 0 aliphatic carbocycles. The van der Waals surface area contributed by atoms with Gasteiger partial charge in [0.05, 0.1) is 18.1 Å². The predicted octanol–water partition coefficient (Wildman–Crippen LogP) is 3.62. The van der Waals surface area contributed by atoms with Gasteiger partial charge in [-0.2, -0.15) is 0 Å². The first-order valence-corrected chi connectivity index (χ1v) is 7.21. The molecule has 6 nitrogen and oxygen atoms in total. The van der Waals surface area contributed by atoms with Crippen LogP contribution in [-0.4, -0.2) is 16.0 Å². The van der Waals surface area contributed by atoms with E-state index in [2.05, 4.69) is 20.6 Å². The number of rotatable bonds is 4. The molecule has 0 saturated heterocycles. The van der Waals surface area contributed by atoms with Gasteiger partial charge in [0.15, 0.2) is 5.76 Å². The van der Waals surface area contributed by atoms with Crippen LogP contribution in [0.3, 0.4) is 0 Å². The molecule has 3 aromatic rings. The molecule has 0 aliphatic heterocycles. The van der Waals surface area contributed by atoms with Gasteiger partial charge >= 0.3 is 6.03 Å². The zero-order chi connectivity index (χ0) is 16.1. The van der Waals surface area contributed by atoms with Gasteiger partial charge in [-0.1, -0.05) is 30.3 Å². The third-order valence-corrected chi connectivity index (χ3v) is 3.22. The van der Waals surface area contributed by atoms with E-state index in [0.29, 0.717) is 17.3 Å². The number of amides is 2. The Morgan fingerprint density at radius 1 is 1.13 bits per heavy atom. The average molecular weight is 308 g/mol. The van der Waals surface area contributed by atoms with Crippen molar-refractivity contribution in [1.82, 2.24) is 15.3 Å². The van der Waals surface area contributed by atoms with E-state index in [1.165, 1.54) is 0 Å². The highest BCUT2D eigenvalue weighted by Gasteiger charge is 2.15. The molecule has 0 fully saturated rings. The SMILES string of the molecule is C[C@@H](NC(=O)Nc1cccnc1)c1ncc(-c2ccccc2)o1. The Morgan fingerprint density at radius 2 is 1.96 bits per heavy atom. The Morgan fingerprint density at radius 3 is 2.70 bits per heavy atom. The molecule has 0 spiro atoms. The fraction of sp³-hybridized carbons (Fsp3) is 0.118. The first kappa shape index (κ1) is 14.8. The normalized spacial score (nSPS) is 11.7. The maximum Gasteiger partial charge on any atom is 0.319 e. The van der Waals surface area contributed by atoms with Crippen molar-refractivity contribution in [3.63, 3.8) is 0 Å². The highest BCUT2D eigenvalue weighted by molar-refractivity contribution is 5.89. The number of nitrogens with one attached hydrogen (secondary N) is 2. The summed E-state index contributed by atoms with van der Waals surface area (Å²) < 4.78 is 5.72. The van der Waals surface area contributed by atoms with Gasteiger partial charge in [0.25, 0.3) is 0 Å². The summed E-state index contributed by atoms with van der Waals surface area (Å²) in [5.74, 6) is 1.12. The Labute approximate surface area is 133 Å². The smallest absolute Gasteiger partial charge is 0.319 e. The summed E-state index contributed by atoms with van der Waals surface area (Å²) in [6.07, 6.45) is 4.87. The molecule has 2 heterocycles. The zero-order valence-corrected chi connectivity index (χ0v) is 12.6. The third kappa shape index (κ3) is 3.74. The average Bonchev–Trinajstić information content (AvgIpc) is 3.06. The molecule has 0 aliphatic rings. The van der Waals surface area contributed by atoms with Gasteiger partial charge in [0.1, 0.15) is 6.04 Å². The highest BCUT2D eigenvalue weighted by atomic mass is 16.4. The molecule has 1 aromatic carbocycles. The van der Waals surface area contributed by atoms with Gasteiger partial charge < -0.3 is 15.1 Å². The van der Waals surface area contributed by atoms with Gasteiger partial charge in [0.2, 0.25) is 5.89 Å². The van der Waals surface area contributed by atoms with Crippen molar-refractivity contribution in [1.29, 1.82) is 0 Å². The number of urea groups is 1. The van der Waals surface area contributed by atoms with Crippen molar-refractivity contribution in [2.24, 2.45) is 0 Å². The van der Waals surface area contributed by atoms with E-state index in [9.17, 15) is 4.79 Å². The van der Waals surface area contributed by atoms with E-state index in [4.69, 9.17) is 4.42 Å². The number of hydrogen-bond acceptors (Lipinski definition) is 4. The van der Waals surface area contributed by atoms with E-state index in [-0.39, 0.29) is 12.1 Å². The summed E-state index contributed by atoms with van der Waals surface area (Å²) >= 11 is 0. The van der Waals surface area contributed by atoms with Crippen LogP contribution in [0.4, 0.5) is 10.5 Å². The standard InChI is InChI=1S/C17H16N4O2/c1-12(20-17(22)21-14-8-5-9-18-10-14)16-19-11-15(23-16)13-6-3-2-4-7-13/h2-12H,1H3,(H2,20,21,22)/t12-/m1/s1. The lowest BCUT2D eigenvalue weighted by Gasteiger charge is -2.11. The number of pyridine rings is 1. The van der Waals surface area contributed by atoms with Crippen LogP contribution < -0.4 is 10.6 Å². The number of anilines is 1. The van der Waals surface area contributed by atoms with E-state index in [1.807, 2.05) is 37.3 Å². The third-order valence-electron chi connectivity index (χ3n) is 3.22. The second-order valence-electron chi connectivity index (χ2n) is 4.99. The van der Waals surface area contributed by atoms with Crippen molar-refractivity contribution in [2.45, 2.75) is 13.0 Å². The summed E-state index contributed by atoms with van der Waals surface area (Å²) in [4.78, 5) is 20.1. The van der Waals surface area contributed by atoms with Gasteiger partial charge in [-0.25, -0.2) is 9.78 Å². The van der Waals surface area contributed by atoms with Crippen molar-refractivity contribution in [3.8, 4) is 11.3 Å². The lowest BCUT2D eigenvalue weighted by atomic mass is 10.2. The summed E-state index contributed by atoms with van der Waals surface area (Å²) in [7, 11) is 0. The number of oxazole rings is 1. The summed E-state index contributed by atoms with van der Waals surface area (Å²) in [5.41, 5.74) is 1.56. The number of aromatic nitrogens is 2. The second-order valence-corrected chi connectivity index (χ2v) is 4.99. The molecule has 3 rings (SSSR count). The molecule has 6 heteroatoms. The zero-order valence-electron chi connectivity index (χ0n) is 12.6. The maximum absolute atomic E-state index is 12.0. The molecule has 0 unspecified atom stereocenters. The van der Waals surface area contributed by atoms with Crippen LogP contribution >= 0.6 is 0 Å². The second kappa shape index (κ2) is 6.74. The van der Waals surface area contributed by atoms with Crippen LogP contribution in [0.5, 0.6) is 0 Å². The number of benzene rings is 1. The molecule has 0 saturated carbocycles. The Kier molecular flexibility index (Phi) is 4.33. The van der Waals surface area contributed by atoms with Crippen LogP contribution in [0.2, 0.25) is 0 Å². The fourth-order valence-electron chi connectivity index (χ4n) is 2.09. The van der Waals surface area contributed by atoms with Crippen LogP contribution in [0, 0.1) is 0 Å². The topological polar surface area (TPSA) is 80.0 Å². The minimum Gasteiger partial charge on any atom is -0.438 e.